The van der Waals surface area contributed by atoms with E-state index in [2.05, 4.69) is 21.5 Å². The number of morpholine rings is 1. The molecule has 1 atom stereocenters. The largest absolute Gasteiger partial charge is 0.377 e. The van der Waals surface area contributed by atoms with Crippen molar-refractivity contribution in [1.82, 2.24) is 19.9 Å². The van der Waals surface area contributed by atoms with Gasteiger partial charge < -0.3 is 15.4 Å². The number of amides is 1. The summed E-state index contributed by atoms with van der Waals surface area (Å²) >= 11 is 6.25. The topological polar surface area (TPSA) is 94.2 Å². The monoisotopic (exact) mass is 345 g/mol. The molecule has 0 radical (unpaired) electrons. The van der Waals surface area contributed by atoms with E-state index in [0.717, 1.165) is 5.56 Å². The van der Waals surface area contributed by atoms with Crippen LogP contribution < -0.4 is 5.73 Å². The third kappa shape index (κ3) is 3.37. The lowest BCUT2D eigenvalue weighted by Crippen LogP contribution is -2.42. The summed E-state index contributed by atoms with van der Waals surface area (Å²) in [5.41, 5.74) is 7.15. The molecule has 3 rings (SSSR count). The van der Waals surface area contributed by atoms with E-state index in [4.69, 9.17) is 22.1 Å². The van der Waals surface area contributed by atoms with Gasteiger partial charge in [-0.05, 0) is 29.8 Å². The normalized spacial score (nSPS) is 17.5. The highest BCUT2D eigenvalue weighted by Crippen LogP contribution is 2.30. The van der Waals surface area contributed by atoms with Crippen molar-refractivity contribution in [2.75, 3.05) is 25.5 Å². The van der Waals surface area contributed by atoms with E-state index in [9.17, 15) is 4.79 Å². The van der Waals surface area contributed by atoms with Crippen molar-refractivity contribution in [3.8, 4) is 11.4 Å². The van der Waals surface area contributed by atoms with Crippen LogP contribution in [-0.2, 0) is 9.53 Å². The van der Waals surface area contributed by atoms with E-state index in [1.54, 1.807) is 17.0 Å². The second-order valence-corrected chi connectivity index (χ2v) is 5.70. The van der Waals surface area contributed by atoms with Crippen molar-refractivity contribution in [2.24, 2.45) is 0 Å². The van der Waals surface area contributed by atoms with Crippen LogP contribution in [0.4, 0.5) is 5.95 Å². The van der Waals surface area contributed by atoms with Gasteiger partial charge in [0.05, 0.1) is 19.3 Å². The lowest BCUT2D eigenvalue weighted by Gasteiger charge is -2.35. The quantitative estimate of drug-likeness (QED) is 0.853. The predicted octanol–water partition coefficient (Wildman–Crippen LogP) is 1.86. The van der Waals surface area contributed by atoms with Gasteiger partial charge in [-0.25, -0.2) is 9.97 Å². The summed E-state index contributed by atoms with van der Waals surface area (Å²) in [6.45, 7) is 4.93. The summed E-state index contributed by atoms with van der Waals surface area (Å²) in [5.74, 6) is 0.407. The fraction of sp³-hybridized carbons (Fsp3) is 0.250. The summed E-state index contributed by atoms with van der Waals surface area (Å²) in [6, 6.07) is 5.17. The average molecular weight is 346 g/mol. The molecule has 1 saturated heterocycles. The molecule has 0 aliphatic carbocycles. The standard InChI is InChI=1S/C16H16ClN5O2/c1-2-14(23)22-3-4-24-8-13(22)10-5-11(7-12(17)6-10)15-19-9-20-16(18)21-15/h2,5-7,9,13H,1,3-4,8H2,(H2,18,19,20,21)/t13-/m0/s1. The minimum Gasteiger partial charge on any atom is -0.377 e. The van der Waals surface area contributed by atoms with Crippen LogP contribution in [0.25, 0.3) is 11.4 Å². The molecule has 1 aliphatic rings. The van der Waals surface area contributed by atoms with E-state index in [1.807, 2.05) is 6.07 Å². The number of ether oxygens (including phenoxy) is 1. The van der Waals surface area contributed by atoms with Crippen LogP contribution in [0.1, 0.15) is 11.6 Å². The number of carbonyl (C=O) groups excluding carboxylic acids is 1. The van der Waals surface area contributed by atoms with Crippen molar-refractivity contribution < 1.29 is 9.53 Å². The van der Waals surface area contributed by atoms with Crippen LogP contribution >= 0.6 is 11.6 Å². The Bertz CT molecular complexity index is 783. The molecule has 7 nitrogen and oxygen atoms in total. The van der Waals surface area contributed by atoms with Gasteiger partial charge in [0.1, 0.15) is 6.33 Å². The second kappa shape index (κ2) is 6.94. The second-order valence-electron chi connectivity index (χ2n) is 5.27. The Balaban J connectivity index is 2.01. The Labute approximate surface area is 144 Å². The molecule has 1 aliphatic heterocycles. The Kier molecular flexibility index (Phi) is 4.73. The van der Waals surface area contributed by atoms with E-state index in [1.165, 1.54) is 12.4 Å². The van der Waals surface area contributed by atoms with Crippen molar-refractivity contribution in [2.45, 2.75) is 6.04 Å². The number of hydrogen-bond donors (Lipinski definition) is 1. The molecule has 24 heavy (non-hydrogen) atoms. The summed E-state index contributed by atoms with van der Waals surface area (Å²) in [5, 5.41) is 0.512. The van der Waals surface area contributed by atoms with Crippen LogP contribution in [0.3, 0.4) is 0 Å². The van der Waals surface area contributed by atoms with Gasteiger partial charge in [0.15, 0.2) is 5.82 Å². The highest BCUT2D eigenvalue weighted by molar-refractivity contribution is 6.31. The number of aromatic nitrogens is 3. The number of nitrogens with zero attached hydrogens (tertiary/aromatic N) is 4. The van der Waals surface area contributed by atoms with Gasteiger partial charge >= 0.3 is 0 Å². The number of nitrogen functional groups attached to an aromatic ring is 1. The fourth-order valence-corrected chi connectivity index (χ4v) is 2.89. The van der Waals surface area contributed by atoms with Crippen LogP contribution in [0, 0.1) is 0 Å². The van der Waals surface area contributed by atoms with Gasteiger partial charge in [0.25, 0.3) is 0 Å². The first-order valence-electron chi connectivity index (χ1n) is 7.34. The van der Waals surface area contributed by atoms with Crippen LogP contribution in [0.5, 0.6) is 0 Å². The zero-order valence-corrected chi connectivity index (χ0v) is 13.6. The van der Waals surface area contributed by atoms with Gasteiger partial charge in [0.2, 0.25) is 11.9 Å². The molecule has 2 N–H and O–H groups in total. The average Bonchev–Trinajstić information content (AvgIpc) is 2.60. The van der Waals surface area contributed by atoms with Crippen molar-refractivity contribution in [3.63, 3.8) is 0 Å². The van der Waals surface area contributed by atoms with E-state index >= 15 is 0 Å². The molecule has 1 fully saturated rings. The molecule has 0 bridgehead atoms. The summed E-state index contributed by atoms with van der Waals surface area (Å²) in [4.78, 5) is 25.8. The lowest BCUT2D eigenvalue weighted by molar-refractivity contribution is -0.134. The molecule has 2 aromatic rings. The summed E-state index contributed by atoms with van der Waals surface area (Å²) < 4.78 is 5.53. The maximum absolute atomic E-state index is 12.1. The van der Waals surface area contributed by atoms with Gasteiger partial charge in [-0.1, -0.05) is 18.2 Å². The fourth-order valence-electron chi connectivity index (χ4n) is 2.64. The van der Waals surface area contributed by atoms with Gasteiger partial charge in [-0.2, -0.15) is 4.98 Å². The Morgan fingerprint density at radius 1 is 1.42 bits per heavy atom. The number of hydrogen-bond acceptors (Lipinski definition) is 6. The minimum atomic E-state index is -0.249. The molecule has 8 heteroatoms. The smallest absolute Gasteiger partial charge is 0.246 e. The van der Waals surface area contributed by atoms with Crippen molar-refractivity contribution >= 4 is 23.5 Å². The SMILES string of the molecule is C=CC(=O)N1CCOC[C@H]1c1cc(Cl)cc(-c2ncnc(N)n2)c1. The predicted molar refractivity (Wildman–Crippen MR) is 90.2 cm³/mol. The molecule has 2 heterocycles. The number of anilines is 1. The van der Waals surface area contributed by atoms with Crippen LogP contribution in [0.15, 0.2) is 37.2 Å². The first-order valence-corrected chi connectivity index (χ1v) is 7.72. The molecule has 1 aromatic carbocycles. The maximum atomic E-state index is 12.1. The third-order valence-corrected chi connectivity index (χ3v) is 3.96. The van der Waals surface area contributed by atoms with E-state index in [0.29, 0.717) is 36.2 Å². The Morgan fingerprint density at radius 3 is 3.00 bits per heavy atom. The molecule has 0 unspecified atom stereocenters. The highest BCUT2D eigenvalue weighted by atomic mass is 35.5. The Hall–Kier alpha value is -2.51. The van der Waals surface area contributed by atoms with Crippen molar-refractivity contribution in [1.29, 1.82) is 0 Å². The third-order valence-electron chi connectivity index (χ3n) is 3.74. The summed E-state index contributed by atoms with van der Waals surface area (Å²) in [7, 11) is 0. The molecule has 0 saturated carbocycles. The number of carbonyl (C=O) groups is 1. The molecule has 0 spiro atoms. The minimum absolute atomic E-state index is 0.131. The highest BCUT2D eigenvalue weighted by Gasteiger charge is 2.28. The molecule has 1 amide bonds. The lowest BCUT2D eigenvalue weighted by atomic mass is 10.0. The first kappa shape index (κ1) is 16.4. The molecule has 124 valence electrons. The van der Waals surface area contributed by atoms with E-state index in [-0.39, 0.29) is 17.9 Å². The maximum Gasteiger partial charge on any atom is 0.246 e. The first-order chi connectivity index (χ1) is 11.6. The number of benzene rings is 1. The van der Waals surface area contributed by atoms with Gasteiger partial charge in [-0.15, -0.1) is 0 Å². The van der Waals surface area contributed by atoms with Gasteiger partial charge in [0, 0.05) is 17.1 Å². The number of nitrogens with two attached hydrogens (primary N) is 1. The Morgan fingerprint density at radius 2 is 2.25 bits per heavy atom. The molecular weight excluding hydrogens is 330 g/mol. The van der Waals surface area contributed by atoms with Gasteiger partial charge in [-0.3, -0.25) is 4.79 Å². The molecule has 1 aromatic heterocycles. The van der Waals surface area contributed by atoms with E-state index < -0.39 is 0 Å². The number of rotatable bonds is 3. The van der Waals surface area contributed by atoms with Crippen LogP contribution in [-0.4, -0.2) is 45.5 Å². The number of halogens is 1. The van der Waals surface area contributed by atoms with Crippen molar-refractivity contribution in [3.05, 3.63) is 47.8 Å². The zero-order valence-electron chi connectivity index (χ0n) is 12.9. The molecular formula is C16H16ClN5O2. The van der Waals surface area contributed by atoms with Crippen LogP contribution in [0.2, 0.25) is 5.02 Å². The zero-order chi connectivity index (χ0) is 17.1. The summed E-state index contributed by atoms with van der Waals surface area (Å²) in [6.07, 6.45) is 2.64.